The average molecular weight is 372 g/mol. The van der Waals surface area contributed by atoms with Crippen molar-refractivity contribution in [1.29, 1.82) is 0 Å². The maximum absolute atomic E-state index is 12.4. The monoisotopic (exact) mass is 371 g/mol. The Kier molecular flexibility index (Phi) is 4.38. The Morgan fingerprint density at radius 2 is 2.05 bits per heavy atom. The molecule has 0 saturated carbocycles. The first-order chi connectivity index (χ1) is 9.83. The van der Waals surface area contributed by atoms with Gasteiger partial charge in [0.15, 0.2) is 0 Å². The second-order valence-corrected chi connectivity index (χ2v) is 6.84. The third-order valence-electron chi connectivity index (χ3n) is 2.78. The summed E-state index contributed by atoms with van der Waals surface area (Å²) >= 11 is 3.27. The van der Waals surface area contributed by atoms with E-state index in [0.29, 0.717) is 27.3 Å². The number of benzene rings is 1. The molecule has 0 bridgehead atoms. The van der Waals surface area contributed by atoms with Gasteiger partial charge < -0.3 is 10.5 Å². The number of nitrogens with two attached hydrogens (primary N) is 1. The first-order valence-corrected chi connectivity index (χ1v) is 8.19. The van der Waals surface area contributed by atoms with Crippen molar-refractivity contribution in [3.8, 4) is 5.88 Å². The number of nitrogens with zero attached hydrogens (tertiary/aromatic N) is 1. The van der Waals surface area contributed by atoms with Crippen molar-refractivity contribution in [2.75, 3.05) is 17.6 Å². The number of rotatable bonds is 4. The third-order valence-corrected chi connectivity index (χ3v) is 4.99. The maximum atomic E-state index is 12.4. The van der Waals surface area contributed by atoms with Crippen LogP contribution in [0, 0.1) is 6.92 Å². The fourth-order valence-corrected chi connectivity index (χ4v) is 3.49. The Morgan fingerprint density at radius 1 is 1.33 bits per heavy atom. The van der Waals surface area contributed by atoms with Crippen LogP contribution in [0.5, 0.6) is 5.88 Å². The number of aromatic nitrogens is 1. The Morgan fingerprint density at radius 3 is 2.62 bits per heavy atom. The van der Waals surface area contributed by atoms with E-state index in [0.717, 1.165) is 0 Å². The van der Waals surface area contributed by atoms with Crippen LogP contribution in [0.15, 0.2) is 39.8 Å². The number of ether oxygens (including phenoxy) is 1. The van der Waals surface area contributed by atoms with Gasteiger partial charge in [-0.15, -0.1) is 0 Å². The molecule has 0 radical (unpaired) electrons. The largest absolute Gasteiger partial charge is 0.481 e. The minimum absolute atomic E-state index is 0.124. The lowest BCUT2D eigenvalue weighted by molar-refractivity contribution is 0.398. The molecule has 0 saturated heterocycles. The molecule has 21 heavy (non-hydrogen) atoms. The third kappa shape index (κ3) is 3.45. The molecule has 1 aromatic heterocycles. The van der Waals surface area contributed by atoms with Crippen LogP contribution in [0.1, 0.15) is 5.56 Å². The van der Waals surface area contributed by atoms with E-state index >= 15 is 0 Å². The first-order valence-electron chi connectivity index (χ1n) is 5.92. The lowest BCUT2D eigenvalue weighted by atomic mass is 10.2. The van der Waals surface area contributed by atoms with Gasteiger partial charge in [-0.1, -0.05) is 0 Å². The van der Waals surface area contributed by atoms with E-state index in [1.807, 2.05) is 0 Å². The molecule has 0 spiro atoms. The van der Waals surface area contributed by atoms with E-state index in [-0.39, 0.29) is 4.90 Å². The molecule has 2 aromatic rings. The topological polar surface area (TPSA) is 94.3 Å². The molecule has 1 heterocycles. The van der Waals surface area contributed by atoms with Gasteiger partial charge in [-0.25, -0.2) is 13.4 Å². The van der Waals surface area contributed by atoms with Crippen molar-refractivity contribution >= 4 is 37.3 Å². The van der Waals surface area contributed by atoms with Gasteiger partial charge >= 0.3 is 0 Å². The number of nitrogen functional groups attached to an aromatic ring is 1. The molecule has 2 rings (SSSR count). The molecule has 0 aliphatic carbocycles. The smallest absolute Gasteiger partial charge is 0.262 e. The normalized spacial score (nSPS) is 11.2. The van der Waals surface area contributed by atoms with Gasteiger partial charge in [-0.05, 0) is 46.6 Å². The molecular formula is C13H14BrN3O3S. The summed E-state index contributed by atoms with van der Waals surface area (Å²) in [4.78, 5) is 4.07. The highest BCUT2D eigenvalue weighted by atomic mass is 79.9. The molecule has 1 aromatic carbocycles. The van der Waals surface area contributed by atoms with Gasteiger partial charge in [0.05, 0.1) is 23.9 Å². The second kappa shape index (κ2) is 5.90. The summed E-state index contributed by atoms with van der Waals surface area (Å²) in [7, 11) is -2.25. The molecule has 0 aliphatic heterocycles. The van der Waals surface area contributed by atoms with Gasteiger partial charge in [0.25, 0.3) is 10.0 Å². The Balaban J connectivity index is 2.35. The summed E-state index contributed by atoms with van der Waals surface area (Å²) in [6.45, 7) is 1.70. The maximum Gasteiger partial charge on any atom is 0.262 e. The number of sulfonamides is 1. The van der Waals surface area contributed by atoms with Crippen molar-refractivity contribution in [2.24, 2.45) is 0 Å². The minimum Gasteiger partial charge on any atom is -0.481 e. The fourth-order valence-electron chi connectivity index (χ4n) is 1.73. The zero-order chi connectivity index (χ0) is 15.6. The second-order valence-electron chi connectivity index (χ2n) is 4.33. The Hall–Kier alpha value is -1.80. The molecule has 112 valence electrons. The highest BCUT2D eigenvalue weighted by molar-refractivity contribution is 9.10. The molecular weight excluding hydrogens is 358 g/mol. The van der Waals surface area contributed by atoms with Crippen LogP contribution in [0.3, 0.4) is 0 Å². The molecule has 0 aliphatic rings. The number of methoxy groups -OCH3 is 1. The quantitative estimate of drug-likeness (QED) is 0.805. The van der Waals surface area contributed by atoms with Gasteiger partial charge in [0.2, 0.25) is 5.88 Å². The van der Waals surface area contributed by atoms with E-state index in [9.17, 15) is 8.42 Å². The number of pyridine rings is 1. The van der Waals surface area contributed by atoms with Crippen LogP contribution >= 0.6 is 15.9 Å². The van der Waals surface area contributed by atoms with Crippen molar-refractivity contribution in [2.45, 2.75) is 11.8 Å². The molecule has 0 fully saturated rings. The number of anilines is 2. The van der Waals surface area contributed by atoms with Gasteiger partial charge in [0.1, 0.15) is 0 Å². The number of hydrogen-bond acceptors (Lipinski definition) is 5. The molecule has 3 N–H and O–H groups in total. The zero-order valence-electron chi connectivity index (χ0n) is 11.4. The average Bonchev–Trinajstić information content (AvgIpc) is 2.43. The standard InChI is InChI=1S/C13H14BrN3O3S/c1-8-5-10(14)11(15)6-12(8)21(18,19)17-9-3-4-13(20-2)16-7-9/h3-7,17H,15H2,1-2H3. The summed E-state index contributed by atoms with van der Waals surface area (Å²) in [5, 5.41) is 0. The number of halogens is 1. The molecule has 0 atom stereocenters. The fraction of sp³-hybridized carbons (Fsp3) is 0.154. The first kappa shape index (κ1) is 15.6. The highest BCUT2D eigenvalue weighted by Crippen LogP contribution is 2.27. The lowest BCUT2D eigenvalue weighted by Crippen LogP contribution is -2.15. The highest BCUT2D eigenvalue weighted by Gasteiger charge is 2.18. The lowest BCUT2D eigenvalue weighted by Gasteiger charge is -2.12. The van der Waals surface area contributed by atoms with Crippen LogP contribution in [0.25, 0.3) is 0 Å². The van der Waals surface area contributed by atoms with Crippen LogP contribution in [-0.2, 0) is 10.0 Å². The van der Waals surface area contributed by atoms with Crippen molar-refractivity contribution < 1.29 is 13.2 Å². The van der Waals surface area contributed by atoms with E-state index in [2.05, 4.69) is 25.6 Å². The van der Waals surface area contributed by atoms with Crippen LogP contribution < -0.4 is 15.2 Å². The van der Waals surface area contributed by atoms with Crippen LogP contribution in [-0.4, -0.2) is 20.5 Å². The summed E-state index contributed by atoms with van der Waals surface area (Å²) in [5.74, 6) is 0.405. The van der Waals surface area contributed by atoms with Gasteiger partial charge in [-0.2, -0.15) is 0 Å². The van der Waals surface area contributed by atoms with E-state index < -0.39 is 10.0 Å². The number of aryl methyl sites for hydroxylation is 1. The summed E-state index contributed by atoms with van der Waals surface area (Å²) in [6, 6.07) is 6.22. The SMILES string of the molecule is COc1ccc(NS(=O)(=O)c2cc(N)c(Br)cc2C)cn1. The van der Waals surface area contributed by atoms with Crippen LogP contribution in [0.4, 0.5) is 11.4 Å². The summed E-state index contributed by atoms with van der Waals surface area (Å²) in [5.41, 5.74) is 7.04. The Labute approximate surface area is 131 Å². The van der Waals surface area contributed by atoms with Gasteiger partial charge in [0, 0.05) is 16.2 Å². The molecule has 0 unspecified atom stereocenters. The van der Waals surface area contributed by atoms with Crippen LogP contribution in [0.2, 0.25) is 0 Å². The summed E-state index contributed by atoms with van der Waals surface area (Å²) in [6.07, 6.45) is 1.38. The Bertz CT molecular complexity index is 761. The molecule has 8 heteroatoms. The van der Waals surface area contributed by atoms with E-state index in [1.54, 1.807) is 25.1 Å². The molecule has 6 nitrogen and oxygen atoms in total. The zero-order valence-corrected chi connectivity index (χ0v) is 13.8. The minimum atomic E-state index is -3.73. The van der Waals surface area contributed by atoms with Crippen molar-refractivity contribution in [1.82, 2.24) is 4.98 Å². The van der Waals surface area contributed by atoms with E-state index in [4.69, 9.17) is 10.5 Å². The predicted molar refractivity (Wildman–Crippen MR) is 84.9 cm³/mol. The molecule has 0 amide bonds. The number of nitrogens with one attached hydrogen (secondary N) is 1. The van der Waals surface area contributed by atoms with Crippen molar-refractivity contribution in [3.63, 3.8) is 0 Å². The predicted octanol–water partition coefficient (Wildman–Crippen LogP) is 2.54. The van der Waals surface area contributed by atoms with E-state index in [1.165, 1.54) is 19.4 Å². The van der Waals surface area contributed by atoms with Gasteiger partial charge in [-0.3, -0.25) is 4.72 Å². The number of hydrogen-bond donors (Lipinski definition) is 2. The van der Waals surface area contributed by atoms with Crippen molar-refractivity contribution in [3.05, 3.63) is 40.5 Å². The summed E-state index contributed by atoms with van der Waals surface area (Å²) < 4.78 is 32.8.